The van der Waals surface area contributed by atoms with Crippen molar-refractivity contribution in [3.63, 3.8) is 0 Å². The SMILES string of the molecule is CCC(=O)C1CCN(C(=O)CCOCCOCCOC(C)C)CC1. The molecule has 1 saturated heterocycles. The van der Waals surface area contributed by atoms with Crippen LogP contribution in [0.2, 0.25) is 0 Å². The summed E-state index contributed by atoms with van der Waals surface area (Å²) in [5, 5.41) is 0. The first kappa shape index (κ1) is 21.1. The number of hydrogen-bond acceptors (Lipinski definition) is 5. The molecule has 6 nitrogen and oxygen atoms in total. The second kappa shape index (κ2) is 12.4. The highest BCUT2D eigenvalue weighted by atomic mass is 16.5. The lowest BCUT2D eigenvalue weighted by Gasteiger charge is -2.31. The molecule has 6 heteroatoms. The summed E-state index contributed by atoms with van der Waals surface area (Å²) >= 11 is 0. The smallest absolute Gasteiger partial charge is 0.224 e. The molecular formula is C18H33NO5. The van der Waals surface area contributed by atoms with Crippen LogP contribution < -0.4 is 0 Å². The van der Waals surface area contributed by atoms with E-state index in [4.69, 9.17) is 14.2 Å². The second-order valence-corrected chi connectivity index (χ2v) is 6.37. The molecule has 0 aromatic carbocycles. The molecule has 0 aromatic rings. The van der Waals surface area contributed by atoms with Crippen LogP contribution in [0.15, 0.2) is 0 Å². The number of ether oxygens (including phenoxy) is 3. The normalized spacial score (nSPS) is 15.9. The summed E-state index contributed by atoms with van der Waals surface area (Å²) in [6, 6.07) is 0. The lowest BCUT2D eigenvalue weighted by Crippen LogP contribution is -2.40. The van der Waals surface area contributed by atoms with Gasteiger partial charge in [-0.1, -0.05) is 6.92 Å². The maximum Gasteiger partial charge on any atom is 0.224 e. The predicted molar refractivity (Wildman–Crippen MR) is 91.9 cm³/mol. The maximum atomic E-state index is 12.1. The first-order valence-electron chi connectivity index (χ1n) is 9.12. The van der Waals surface area contributed by atoms with E-state index < -0.39 is 0 Å². The maximum absolute atomic E-state index is 12.1. The number of rotatable bonds is 12. The summed E-state index contributed by atoms with van der Waals surface area (Å²) in [5.41, 5.74) is 0. The Morgan fingerprint density at radius 1 is 1.00 bits per heavy atom. The number of hydrogen-bond donors (Lipinski definition) is 0. The third kappa shape index (κ3) is 8.76. The van der Waals surface area contributed by atoms with Gasteiger partial charge in [-0.05, 0) is 26.7 Å². The van der Waals surface area contributed by atoms with Crippen molar-refractivity contribution in [2.24, 2.45) is 5.92 Å². The van der Waals surface area contributed by atoms with Gasteiger partial charge in [0.1, 0.15) is 5.78 Å². The average molecular weight is 343 g/mol. The fourth-order valence-corrected chi connectivity index (χ4v) is 2.72. The van der Waals surface area contributed by atoms with Crippen molar-refractivity contribution in [1.82, 2.24) is 4.90 Å². The fourth-order valence-electron chi connectivity index (χ4n) is 2.72. The van der Waals surface area contributed by atoms with Crippen LogP contribution in [0.5, 0.6) is 0 Å². The average Bonchev–Trinajstić information content (AvgIpc) is 2.59. The molecule has 1 aliphatic rings. The topological polar surface area (TPSA) is 65.1 Å². The molecule has 0 saturated carbocycles. The molecule has 0 bridgehead atoms. The molecule has 1 fully saturated rings. The largest absolute Gasteiger partial charge is 0.379 e. The molecule has 140 valence electrons. The lowest BCUT2D eigenvalue weighted by atomic mass is 9.91. The monoisotopic (exact) mass is 343 g/mol. The first-order chi connectivity index (χ1) is 11.5. The number of ketones is 1. The molecular weight excluding hydrogens is 310 g/mol. The number of carbonyl (C=O) groups excluding carboxylic acids is 2. The van der Waals surface area contributed by atoms with E-state index in [0.717, 1.165) is 12.8 Å². The van der Waals surface area contributed by atoms with Gasteiger partial charge in [0, 0.05) is 25.4 Å². The van der Waals surface area contributed by atoms with Crippen LogP contribution in [0, 0.1) is 5.92 Å². The number of carbonyl (C=O) groups is 2. The van der Waals surface area contributed by atoms with Crippen LogP contribution in [0.4, 0.5) is 0 Å². The lowest BCUT2D eigenvalue weighted by molar-refractivity contribution is -0.136. The van der Waals surface area contributed by atoms with Crippen molar-refractivity contribution in [3.8, 4) is 0 Å². The number of piperidine rings is 1. The van der Waals surface area contributed by atoms with E-state index in [9.17, 15) is 9.59 Å². The molecule has 0 N–H and O–H groups in total. The van der Waals surface area contributed by atoms with Gasteiger partial charge in [0.25, 0.3) is 0 Å². The van der Waals surface area contributed by atoms with E-state index in [1.807, 2.05) is 25.7 Å². The van der Waals surface area contributed by atoms with E-state index in [1.165, 1.54) is 0 Å². The number of nitrogens with zero attached hydrogens (tertiary/aromatic N) is 1. The molecule has 1 amide bonds. The highest BCUT2D eigenvalue weighted by molar-refractivity contribution is 5.81. The highest BCUT2D eigenvalue weighted by Crippen LogP contribution is 2.19. The summed E-state index contributed by atoms with van der Waals surface area (Å²) in [6.45, 7) is 9.83. The fraction of sp³-hybridized carbons (Fsp3) is 0.889. The van der Waals surface area contributed by atoms with Crippen LogP contribution in [-0.4, -0.2) is 68.8 Å². The summed E-state index contributed by atoms with van der Waals surface area (Å²) in [6.07, 6.45) is 2.80. The van der Waals surface area contributed by atoms with Crippen molar-refractivity contribution in [1.29, 1.82) is 0 Å². The van der Waals surface area contributed by atoms with Gasteiger partial charge in [0.05, 0.1) is 45.6 Å². The van der Waals surface area contributed by atoms with Crippen molar-refractivity contribution < 1.29 is 23.8 Å². The van der Waals surface area contributed by atoms with Crippen LogP contribution in [0.1, 0.15) is 46.5 Å². The Hall–Kier alpha value is -0.980. The molecule has 0 atom stereocenters. The zero-order valence-corrected chi connectivity index (χ0v) is 15.4. The van der Waals surface area contributed by atoms with E-state index >= 15 is 0 Å². The van der Waals surface area contributed by atoms with Gasteiger partial charge < -0.3 is 19.1 Å². The van der Waals surface area contributed by atoms with Crippen LogP contribution in [0.25, 0.3) is 0 Å². The van der Waals surface area contributed by atoms with E-state index in [1.54, 1.807) is 0 Å². The van der Waals surface area contributed by atoms with Crippen molar-refractivity contribution in [2.45, 2.75) is 52.6 Å². The number of amides is 1. The zero-order valence-electron chi connectivity index (χ0n) is 15.4. The number of likely N-dealkylation sites (tertiary alicyclic amines) is 1. The van der Waals surface area contributed by atoms with Gasteiger partial charge >= 0.3 is 0 Å². The summed E-state index contributed by atoms with van der Waals surface area (Å²) in [7, 11) is 0. The minimum absolute atomic E-state index is 0.114. The van der Waals surface area contributed by atoms with Crippen molar-refractivity contribution in [2.75, 3.05) is 46.1 Å². The van der Waals surface area contributed by atoms with Gasteiger partial charge in [-0.3, -0.25) is 9.59 Å². The summed E-state index contributed by atoms with van der Waals surface area (Å²) in [4.78, 5) is 25.6. The summed E-state index contributed by atoms with van der Waals surface area (Å²) in [5.74, 6) is 0.583. The molecule has 0 spiro atoms. The van der Waals surface area contributed by atoms with Crippen LogP contribution >= 0.6 is 0 Å². The molecule has 0 radical (unpaired) electrons. The highest BCUT2D eigenvalue weighted by Gasteiger charge is 2.25. The molecule has 0 aromatic heterocycles. The number of Topliss-reactive ketones (excluding diaryl/α,β-unsaturated/α-hetero) is 1. The van der Waals surface area contributed by atoms with Crippen LogP contribution in [-0.2, 0) is 23.8 Å². The molecule has 1 aliphatic heterocycles. The quantitative estimate of drug-likeness (QED) is 0.508. The minimum Gasteiger partial charge on any atom is -0.379 e. The van der Waals surface area contributed by atoms with Gasteiger partial charge in [0.15, 0.2) is 0 Å². The zero-order chi connectivity index (χ0) is 17.8. The third-order valence-electron chi connectivity index (χ3n) is 4.16. The van der Waals surface area contributed by atoms with Crippen LogP contribution in [0.3, 0.4) is 0 Å². The predicted octanol–water partition coefficient (Wildman–Crippen LogP) is 2.05. The van der Waals surface area contributed by atoms with Gasteiger partial charge in [0.2, 0.25) is 5.91 Å². The Bertz CT molecular complexity index is 364. The summed E-state index contributed by atoms with van der Waals surface area (Å²) < 4.78 is 16.2. The third-order valence-corrected chi connectivity index (χ3v) is 4.16. The van der Waals surface area contributed by atoms with Crippen molar-refractivity contribution in [3.05, 3.63) is 0 Å². The van der Waals surface area contributed by atoms with Gasteiger partial charge in [-0.2, -0.15) is 0 Å². The minimum atomic E-state index is 0.114. The van der Waals surface area contributed by atoms with E-state index in [2.05, 4.69) is 0 Å². The Labute approximate surface area is 145 Å². The Morgan fingerprint density at radius 3 is 2.17 bits per heavy atom. The Morgan fingerprint density at radius 2 is 1.58 bits per heavy atom. The molecule has 1 rings (SSSR count). The standard InChI is InChI=1S/C18H33NO5/c1-4-17(20)16-5-8-19(9-6-16)18(21)7-10-22-11-12-23-13-14-24-15(2)3/h15-16H,4-14H2,1-3H3. The first-order valence-corrected chi connectivity index (χ1v) is 9.12. The Balaban J connectivity index is 1.98. The molecule has 1 heterocycles. The van der Waals surface area contributed by atoms with Gasteiger partial charge in [-0.15, -0.1) is 0 Å². The van der Waals surface area contributed by atoms with E-state index in [0.29, 0.717) is 64.7 Å². The van der Waals surface area contributed by atoms with Crippen molar-refractivity contribution >= 4 is 11.7 Å². The molecule has 24 heavy (non-hydrogen) atoms. The molecule has 0 aliphatic carbocycles. The second-order valence-electron chi connectivity index (χ2n) is 6.37. The van der Waals surface area contributed by atoms with Gasteiger partial charge in [-0.25, -0.2) is 0 Å². The van der Waals surface area contributed by atoms with E-state index in [-0.39, 0.29) is 17.9 Å². The Kier molecular flexibility index (Phi) is 10.9. The molecule has 0 unspecified atom stereocenters.